The van der Waals surface area contributed by atoms with E-state index in [9.17, 15) is 4.79 Å². The van der Waals surface area contributed by atoms with Crippen molar-refractivity contribution in [3.63, 3.8) is 0 Å². The maximum Gasteiger partial charge on any atom is 0.150 e. The van der Waals surface area contributed by atoms with Crippen molar-refractivity contribution in [2.75, 3.05) is 14.2 Å². The van der Waals surface area contributed by atoms with E-state index in [1.165, 1.54) is 0 Å². The quantitative estimate of drug-likeness (QED) is 0.796. The molecule has 0 heterocycles. The van der Waals surface area contributed by atoms with Gasteiger partial charge in [0.15, 0.2) is 0 Å². The van der Waals surface area contributed by atoms with Crippen molar-refractivity contribution in [1.29, 1.82) is 0 Å². The molecule has 0 unspecified atom stereocenters. The summed E-state index contributed by atoms with van der Waals surface area (Å²) in [6, 6.07) is 10.7. The zero-order valence-electron chi connectivity index (χ0n) is 10.6. The number of hydrogen-bond donors (Lipinski definition) is 0. The average Bonchev–Trinajstić information content (AvgIpc) is 2.46. The summed E-state index contributed by atoms with van der Waals surface area (Å²) in [4.78, 5) is 10.7. The number of halogens is 1. The summed E-state index contributed by atoms with van der Waals surface area (Å²) in [7, 11) is 3.19. The number of carbonyl (C=O) groups excluding carboxylic acids is 1. The Kier molecular flexibility index (Phi) is 4.07. The largest absolute Gasteiger partial charge is 0.497 e. The van der Waals surface area contributed by atoms with Crippen LogP contribution in [0.1, 0.15) is 10.4 Å². The number of methoxy groups -OCH3 is 2. The van der Waals surface area contributed by atoms with Gasteiger partial charge in [-0.1, -0.05) is 23.7 Å². The molecule has 4 heteroatoms. The van der Waals surface area contributed by atoms with Gasteiger partial charge in [0.05, 0.1) is 14.2 Å². The van der Waals surface area contributed by atoms with Crippen LogP contribution >= 0.6 is 11.6 Å². The zero-order valence-corrected chi connectivity index (χ0v) is 11.4. The Hall–Kier alpha value is -2.00. The van der Waals surface area contributed by atoms with Gasteiger partial charge in [-0.25, -0.2) is 0 Å². The van der Waals surface area contributed by atoms with Gasteiger partial charge in [-0.15, -0.1) is 0 Å². The first-order valence-corrected chi connectivity index (χ1v) is 6.04. The number of carbonyl (C=O) groups is 1. The van der Waals surface area contributed by atoms with Gasteiger partial charge in [0.25, 0.3) is 0 Å². The fraction of sp³-hybridized carbons (Fsp3) is 0.133. The molecule has 98 valence electrons. The molecule has 2 aromatic rings. The van der Waals surface area contributed by atoms with Crippen LogP contribution in [0.25, 0.3) is 11.1 Å². The van der Waals surface area contributed by atoms with Crippen LogP contribution in [0.4, 0.5) is 0 Å². The molecule has 0 aliphatic heterocycles. The molecule has 0 saturated carbocycles. The van der Waals surface area contributed by atoms with Crippen molar-refractivity contribution < 1.29 is 14.3 Å². The average molecular weight is 277 g/mol. The SMILES string of the molecule is COc1ccc(-c2ccc(C=O)cc2Cl)c(OC)c1. The summed E-state index contributed by atoms with van der Waals surface area (Å²) in [5, 5.41) is 0.507. The number of benzene rings is 2. The predicted molar refractivity (Wildman–Crippen MR) is 75.4 cm³/mol. The van der Waals surface area contributed by atoms with E-state index in [0.29, 0.717) is 22.1 Å². The molecular formula is C15H13ClO3. The Labute approximate surface area is 116 Å². The lowest BCUT2D eigenvalue weighted by atomic mass is 10.0. The van der Waals surface area contributed by atoms with Gasteiger partial charge in [0.2, 0.25) is 0 Å². The fourth-order valence-electron chi connectivity index (χ4n) is 1.84. The number of aldehydes is 1. The van der Waals surface area contributed by atoms with Crippen molar-refractivity contribution >= 4 is 17.9 Å². The van der Waals surface area contributed by atoms with Crippen LogP contribution in [-0.2, 0) is 0 Å². The van der Waals surface area contributed by atoms with Crippen molar-refractivity contribution in [3.05, 3.63) is 47.0 Å². The summed E-state index contributed by atoms with van der Waals surface area (Å²) in [5.41, 5.74) is 2.21. The lowest BCUT2D eigenvalue weighted by Gasteiger charge is -2.12. The Balaban J connectivity index is 2.55. The normalized spacial score (nSPS) is 10.1. The van der Waals surface area contributed by atoms with Crippen LogP contribution in [-0.4, -0.2) is 20.5 Å². The monoisotopic (exact) mass is 276 g/mol. The Morgan fingerprint density at radius 1 is 1.00 bits per heavy atom. The summed E-state index contributed by atoms with van der Waals surface area (Å²) < 4.78 is 10.5. The third-order valence-corrected chi connectivity index (χ3v) is 3.14. The molecule has 0 atom stereocenters. The second kappa shape index (κ2) is 5.76. The van der Waals surface area contributed by atoms with E-state index in [1.807, 2.05) is 12.1 Å². The van der Waals surface area contributed by atoms with E-state index in [4.69, 9.17) is 21.1 Å². The maximum absolute atomic E-state index is 10.7. The van der Waals surface area contributed by atoms with Gasteiger partial charge in [-0.3, -0.25) is 4.79 Å². The van der Waals surface area contributed by atoms with Crippen molar-refractivity contribution in [3.8, 4) is 22.6 Å². The summed E-state index contributed by atoms with van der Waals surface area (Å²) >= 11 is 6.20. The molecule has 0 amide bonds. The van der Waals surface area contributed by atoms with Gasteiger partial charge in [-0.2, -0.15) is 0 Å². The Morgan fingerprint density at radius 2 is 1.74 bits per heavy atom. The summed E-state index contributed by atoms with van der Waals surface area (Å²) in [6.45, 7) is 0. The van der Waals surface area contributed by atoms with Gasteiger partial charge in [-0.05, 0) is 18.2 Å². The third kappa shape index (κ3) is 2.71. The molecule has 0 aromatic heterocycles. The highest BCUT2D eigenvalue weighted by Gasteiger charge is 2.11. The zero-order chi connectivity index (χ0) is 13.8. The fourth-order valence-corrected chi connectivity index (χ4v) is 2.13. The second-order valence-corrected chi connectivity index (χ2v) is 4.33. The van der Waals surface area contributed by atoms with Gasteiger partial charge < -0.3 is 9.47 Å². The van der Waals surface area contributed by atoms with Crippen LogP contribution in [0.5, 0.6) is 11.5 Å². The number of rotatable bonds is 4. The highest BCUT2D eigenvalue weighted by molar-refractivity contribution is 6.33. The maximum atomic E-state index is 10.7. The standard InChI is InChI=1S/C15H13ClO3/c1-18-11-4-6-13(15(8-11)19-2)12-5-3-10(9-17)7-14(12)16/h3-9H,1-2H3. The third-order valence-electron chi connectivity index (χ3n) is 2.83. The first kappa shape index (κ1) is 13.4. The lowest BCUT2D eigenvalue weighted by molar-refractivity contribution is 0.112. The molecule has 2 aromatic carbocycles. The molecule has 0 N–H and O–H groups in total. The molecule has 19 heavy (non-hydrogen) atoms. The molecule has 0 saturated heterocycles. The van der Waals surface area contributed by atoms with Gasteiger partial charge in [0.1, 0.15) is 17.8 Å². The molecule has 3 nitrogen and oxygen atoms in total. The number of ether oxygens (including phenoxy) is 2. The highest BCUT2D eigenvalue weighted by Crippen LogP contribution is 2.37. The Morgan fingerprint density at radius 3 is 2.32 bits per heavy atom. The van der Waals surface area contributed by atoms with E-state index in [0.717, 1.165) is 17.4 Å². The highest BCUT2D eigenvalue weighted by atomic mass is 35.5. The van der Waals surface area contributed by atoms with Gasteiger partial charge >= 0.3 is 0 Å². The van der Waals surface area contributed by atoms with Crippen LogP contribution in [0.15, 0.2) is 36.4 Å². The smallest absolute Gasteiger partial charge is 0.150 e. The van der Waals surface area contributed by atoms with Crippen LogP contribution < -0.4 is 9.47 Å². The van der Waals surface area contributed by atoms with Crippen LogP contribution in [0.3, 0.4) is 0 Å². The molecule has 0 aliphatic carbocycles. The minimum Gasteiger partial charge on any atom is -0.497 e. The Bertz CT molecular complexity index is 608. The minimum atomic E-state index is 0.507. The molecule has 0 bridgehead atoms. The van der Waals surface area contributed by atoms with Crippen LogP contribution in [0.2, 0.25) is 5.02 Å². The molecule has 0 spiro atoms. The van der Waals surface area contributed by atoms with Crippen molar-refractivity contribution in [2.45, 2.75) is 0 Å². The first-order chi connectivity index (χ1) is 9.19. The van der Waals surface area contributed by atoms with E-state index in [1.54, 1.807) is 38.5 Å². The molecule has 2 rings (SSSR count). The lowest BCUT2D eigenvalue weighted by Crippen LogP contribution is -1.91. The molecule has 0 aliphatic rings. The van der Waals surface area contributed by atoms with Gasteiger partial charge in [0, 0.05) is 27.8 Å². The minimum absolute atomic E-state index is 0.507. The van der Waals surface area contributed by atoms with E-state index in [-0.39, 0.29) is 0 Å². The van der Waals surface area contributed by atoms with E-state index >= 15 is 0 Å². The van der Waals surface area contributed by atoms with E-state index < -0.39 is 0 Å². The summed E-state index contributed by atoms with van der Waals surface area (Å²) in [5.74, 6) is 1.38. The molecule has 0 radical (unpaired) electrons. The van der Waals surface area contributed by atoms with Crippen molar-refractivity contribution in [1.82, 2.24) is 0 Å². The van der Waals surface area contributed by atoms with Crippen LogP contribution in [0, 0.1) is 0 Å². The first-order valence-electron chi connectivity index (χ1n) is 5.66. The number of hydrogen-bond acceptors (Lipinski definition) is 3. The predicted octanol–water partition coefficient (Wildman–Crippen LogP) is 3.84. The molecule has 0 fully saturated rings. The van der Waals surface area contributed by atoms with E-state index in [2.05, 4.69) is 0 Å². The molecular weight excluding hydrogens is 264 g/mol. The van der Waals surface area contributed by atoms with Crippen molar-refractivity contribution in [2.24, 2.45) is 0 Å². The second-order valence-electron chi connectivity index (χ2n) is 3.92. The topological polar surface area (TPSA) is 35.5 Å². The summed E-state index contributed by atoms with van der Waals surface area (Å²) in [6.07, 6.45) is 0.765.